The van der Waals surface area contributed by atoms with Gasteiger partial charge >= 0.3 is 5.97 Å². The van der Waals surface area contributed by atoms with Gasteiger partial charge in [-0.05, 0) is 50.5 Å². The van der Waals surface area contributed by atoms with E-state index in [1.54, 1.807) is 35.8 Å². The summed E-state index contributed by atoms with van der Waals surface area (Å²) in [5.74, 6) is -1.47. The molecular formula is C26H29ClFNO5. The number of hydrogen-bond acceptors (Lipinski definition) is 4. The van der Waals surface area contributed by atoms with Gasteiger partial charge < -0.3 is 19.5 Å². The number of carboxylic acids is 1. The molecule has 0 bridgehead atoms. The van der Waals surface area contributed by atoms with Gasteiger partial charge in [0.05, 0.1) is 28.8 Å². The largest absolute Gasteiger partial charge is 0.491 e. The lowest BCUT2D eigenvalue weighted by molar-refractivity contribution is 0.0693. The van der Waals surface area contributed by atoms with Crippen molar-refractivity contribution in [1.29, 1.82) is 0 Å². The number of carboxylic acid groups (broad SMARTS) is 1. The highest BCUT2D eigenvalue weighted by molar-refractivity contribution is 6.30. The lowest BCUT2D eigenvalue weighted by atomic mass is 9.98. The molecule has 2 atom stereocenters. The van der Waals surface area contributed by atoms with Crippen LogP contribution in [0.1, 0.15) is 68.1 Å². The first-order valence-electron chi connectivity index (χ1n) is 11.3. The number of nitrogens with zero attached hydrogens (tertiary/aromatic N) is 1. The van der Waals surface area contributed by atoms with Crippen LogP contribution in [0.15, 0.2) is 41.3 Å². The van der Waals surface area contributed by atoms with Gasteiger partial charge in [0.2, 0.25) is 5.43 Å². The van der Waals surface area contributed by atoms with Crippen LogP contribution in [0.4, 0.5) is 4.39 Å². The minimum absolute atomic E-state index is 0.0144. The van der Waals surface area contributed by atoms with Crippen LogP contribution in [0.2, 0.25) is 5.02 Å². The summed E-state index contributed by atoms with van der Waals surface area (Å²) >= 11 is 5.95. The zero-order valence-corrected chi connectivity index (χ0v) is 20.4. The van der Waals surface area contributed by atoms with Gasteiger partial charge in [0.25, 0.3) is 0 Å². The second-order valence-electron chi connectivity index (χ2n) is 8.71. The van der Waals surface area contributed by atoms with E-state index < -0.39 is 34.9 Å². The van der Waals surface area contributed by atoms with Crippen molar-refractivity contribution < 1.29 is 24.1 Å². The Labute approximate surface area is 202 Å². The number of benzene rings is 2. The third kappa shape index (κ3) is 5.26. The molecule has 0 aliphatic heterocycles. The number of aromatic carboxylic acids is 1. The van der Waals surface area contributed by atoms with Crippen LogP contribution >= 0.6 is 11.6 Å². The number of pyridine rings is 1. The van der Waals surface area contributed by atoms with Crippen molar-refractivity contribution in [2.75, 3.05) is 0 Å². The molecule has 1 aromatic heterocycles. The molecule has 6 nitrogen and oxygen atoms in total. The molecule has 0 amide bonds. The van der Waals surface area contributed by atoms with Crippen molar-refractivity contribution >= 4 is 28.5 Å². The van der Waals surface area contributed by atoms with Crippen LogP contribution in [-0.2, 0) is 6.42 Å². The van der Waals surface area contributed by atoms with E-state index in [0.29, 0.717) is 28.8 Å². The van der Waals surface area contributed by atoms with E-state index in [-0.39, 0.29) is 22.9 Å². The molecular weight excluding hydrogens is 461 g/mol. The molecule has 1 heterocycles. The summed E-state index contributed by atoms with van der Waals surface area (Å²) < 4.78 is 22.3. The molecule has 182 valence electrons. The predicted octanol–water partition coefficient (Wildman–Crippen LogP) is 5.59. The zero-order valence-electron chi connectivity index (χ0n) is 19.6. The molecule has 0 aliphatic rings. The fraction of sp³-hybridized carbons (Fsp3) is 0.385. The highest BCUT2D eigenvalue weighted by atomic mass is 35.5. The fourth-order valence-electron chi connectivity index (χ4n) is 4.15. The number of ether oxygens (including phenoxy) is 1. The van der Waals surface area contributed by atoms with Gasteiger partial charge in [0, 0.05) is 24.1 Å². The second kappa shape index (κ2) is 10.6. The van der Waals surface area contributed by atoms with Crippen LogP contribution in [0.3, 0.4) is 0 Å². The average Bonchev–Trinajstić information content (AvgIpc) is 2.76. The maximum atomic E-state index is 14.6. The van der Waals surface area contributed by atoms with E-state index in [0.717, 1.165) is 6.42 Å². The number of aromatic nitrogens is 1. The average molecular weight is 490 g/mol. The highest BCUT2D eigenvalue weighted by Crippen LogP contribution is 2.32. The molecule has 3 aromatic rings. The van der Waals surface area contributed by atoms with Gasteiger partial charge in [0.15, 0.2) is 0 Å². The lowest BCUT2D eigenvalue weighted by Crippen LogP contribution is -2.26. The number of rotatable bonds is 9. The van der Waals surface area contributed by atoms with Crippen LogP contribution in [0.25, 0.3) is 10.9 Å². The van der Waals surface area contributed by atoms with Gasteiger partial charge in [-0.25, -0.2) is 9.18 Å². The SMILES string of the molecule is CCCC(C(C)O)n1cc(C(=O)O)c(=O)c2cc(Cc3cccc(Cl)c3F)c(OC(C)C)cc21. The molecule has 0 saturated heterocycles. The molecule has 0 aliphatic carbocycles. The van der Waals surface area contributed by atoms with Gasteiger partial charge in [-0.3, -0.25) is 4.79 Å². The third-order valence-electron chi connectivity index (χ3n) is 5.72. The number of carbonyl (C=O) groups is 1. The number of fused-ring (bicyclic) bond motifs is 1. The fourth-order valence-corrected chi connectivity index (χ4v) is 4.34. The highest BCUT2D eigenvalue weighted by Gasteiger charge is 2.24. The third-order valence-corrected chi connectivity index (χ3v) is 6.01. The number of aliphatic hydroxyl groups is 1. The monoisotopic (exact) mass is 489 g/mol. The van der Waals surface area contributed by atoms with Gasteiger partial charge in [-0.15, -0.1) is 0 Å². The Kier molecular flexibility index (Phi) is 8.00. The minimum atomic E-state index is -1.36. The Balaban J connectivity index is 2.35. The summed E-state index contributed by atoms with van der Waals surface area (Å²) in [6.07, 6.45) is 1.70. The maximum absolute atomic E-state index is 14.6. The summed E-state index contributed by atoms with van der Waals surface area (Å²) in [4.78, 5) is 25.0. The predicted molar refractivity (Wildman–Crippen MR) is 131 cm³/mol. The molecule has 0 radical (unpaired) electrons. The van der Waals surface area contributed by atoms with E-state index in [1.807, 2.05) is 20.8 Å². The van der Waals surface area contributed by atoms with Crippen molar-refractivity contribution in [1.82, 2.24) is 4.57 Å². The van der Waals surface area contributed by atoms with Crippen molar-refractivity contribution in [2.45, 2.75) is 65.2 Å². The number of aliphatic hydroxyl groups excluding tert-OH is 1. The molecule has 0 saturated carbocycles. The van der Waals surface area contributed by atoms with Crippen LogP contribution in [0, 0.1) is 5.82 Å². The Bertz CT molecular complexity index is 1270. The molecule has 0 spiro atoms. The molecule has 2 unspecified atom stereocenters. The van der Waals surface area contributed by atoms with Gasteiger partial charge in [-0.1, -0.05) is 37.1 Å². The number of hydrogen-bond donors (Lipinski definition) is 2. The first-order chi connectivity index (χ1) is 16.0. The second-order valence-corrected chi connectivity index (χ2v) is 9.12. The van der Waals surface area contributed by atoms with Gasteiger partial charge in [0.1, 0.15) is 17.1 Å². The molecule has 8 heteroatoms. The number of halogens is 2. The summed E-state index contributed by atoms with van der Waals surface area (Å²) in [7, 11) is 0. The first kappa shape index (κ1) is 25.7. The van der Waals surface area contributed by atoms with E-state index in [2.05, 4.69) is 0 Å². The Morgan fingerprint density at radius 3 is 2.50 bits per heavy atom. The lowest BCUT2D eigenvalue weighted by Gasteiger charge is -2.26. The quantitative estimate of drug-likeness (QED) is 0.409. The Hall–Kier alpha value is -2.90. The van der Waals surface area contributed by atoms with Crippen LogP contribution in [-0.4, -0.2) is 33.0 Å². The summed E-state index contributed by atoms with van der Waals surface area (Å²) in [5, 5.41) is 20.3. The van der Waals surface area contributed by atoms with Crippen molar-refractivity contribution in [3.8, 4) is 5.75 Å². The molecule has 2 N–H and O–H groups in total. The Morgan fingerprint density at radius 2 is 1.91 bits per heavy atom. The van der Waals surface area contributed by atoms with Crippen molar-refractivity contribution in [2.24, 2.45) is 0 Å². The molecule has 34 heavy (non-hydrogen) atoms. The van der Waals surface area contributed by atoms with E-state index in [4.69, 9.17) is 16.3 Å². The van der Waals surface area contributed by atoms with Crippen molar-refractivity contribution in [3.05, 3.63) is 74.3 Å². The standard InChI is InChI=1S/C26H29ClFNO5/c1-5-7-21(15(4)30)29-13-19(26(32)33)25(31)18-11-17(23(12-22(18)29)34-14(2)3)10-16-8-6-9-20(27)24(16)28/h6,8-9,11-15,21,30H,5,7,10H2,1-4H3,(H,32,33). The molecule has 0 fully saturated rings. The smallest absolute Gasteiger partial charge is 0.341 e. The van der Waals surface area contributed by atoms with Crippen molar-refractivity contribution in [3.63, 3.8) is 0 Å². The molecule has 2 aromatic carbocycles. The first-order valence-corrected chi connectivity index (χ1v) is 11.7. The van der Waals surface area contributed by atoms with E-state index >= 15 is 0 Å². The van der Waals surface area contributed by atoms with Gasteiger partial charge in [-0.2, -0.15) is 0 Å². The zero-order chi connectivity index (χ0) is 25.2. The summed E-state index contributed by atoms with van der Waals surface area (Å²) in [6.45, 7) is 7.30. The van der Waals surface area contributed by atoms with E-state index in [9.17, 15) is 24.2 Å². The topological polar surface area (TPSA) is 88.8 Å². The van der Waals surface area contributed by atoms with Crippen LogP contribution < -0.4 is 10.2 Å². The Morgan fingerprint density at radius 1 is 1.21 bits per heavy atom. The van der Waals surface area contributed by atoms with E-state index in [1.165, 1.54) is 12.3 Å². The summed E-state index contributed by atoms with van der Waals surface area (Å²) in [5.41, 5.74) is 0.246. The maximum Gasteiger partial charge on any atom is 0.341 e. The normalized spacial score (nSPS) is 13.3. The minimum Gasteiger partial charge on any atom is -0.491 e. The van der Waals surface area contributed by atoms with Crippen LogP contribution in [0.5, 0.6) is 5.75 Å². The molecule has 3 rings (SSSR count). The summed E-state index contributed by atoms with van der Waals surface area (Å²) in [6, 6.07) is 7.47.